The van der Waals surface area contributed by atoms with Gasteiger partial charge in [-0.25, -0.2) is 0 Å². The highest BCUT2D eigenvalue weighted by Crippen LogP contribution is 2.39. The van der Waals surface area contributed by atoms with Crippen LogP contribution in [0.1, 0.15) is 35.8 Å². The SMILES string of the molecule is N#Cc1ccc(CSc2nnc(COc3ccccc3Cl)n2C2CC2)cc1. The summed E-state index contributed by atoms with van der Waals surface area (Å²) in [5.41, 5.74) is 1.82. The first-order valence-electron chi connectivity index (χ1n) is 8.67. The maximum atomic E-state index is 8.90. The van der Waals surface area contributed by atoms with Crippen molar-refractivity contribution >= 4 is 23.4 Å². The molecule has 4 rings (SSSR count). The monoisotopic (exact) mass is 396 g/mol. The van der Waals surface area contributed by atoms with Gasteiger partial charge < -0.3 is 4.74 Å². The van der Waals surface area contributed by atoms with Gasteiger partial charge in [-0.3, -0.25) is 4.57 Å². The highest BCUT2D eigenvalue weighted by Gasteiger charge is 2.29. The lowest BCUT2D eigenvalue weighted by Gasteiger charge is -2.10. The summed E-state index contributed by atoms with van der Waals surface area (Å²) in [6, 6.07) is 17.6. The fraction of sp³-hybridized carbons (Fsp3) is 0.250. The first-order chi connectivity index (χ1) is 13.2. The summed E-state index contributed by atoms with van der Waals surface area (Å²) in [5, 5.41) is 19.1. The highest BCUT2D eigenvalue weighted by molar-refractivity contribution is 7.98. The molecule has 27 heavy (non-hydrogen) atoms. The number of benzene rings is 2. The second-order valence-electron chi connectivity index (χ2n) is 6.32. The molecule has 5 nitrogen and oxygen atoms in total. The molecule has 1 aliphatic rings. The topological polar surface area (TPSA) is 63.7 Å². The van der Waals surface area contributed by atoms with E-state index in [2.05, 4.69) is 20.8 Å². The summed E-state index contributed by atoms with van der Waals surface area (Å²) >= 11 is 7.81. The Labute approximate surface area is 166 Å². The minimum Gasteiger partial charge on any atom is -0.484 e. The largest absolute Gasteiger partial charge is 0.484 e. The van der Waals surface area contributed by atoms with Crippen LogP contribution in [0.15, 0.2) is 53.7 Å². The van der Waals surface area contributed by atoms with E-state index in [1.807, 2.05) is 42.5 Å². The molecule has 0 N–H and O–H groups in total. The van der Waals surface area contributed by atoms with Gasteiger partial charge in [0.1, 0.15) is 12.4 Å². The van der Waals surface area contributed by atoms with Crippen molar-refractivity contribution in [2.45, 2.75) is 36.4 Å². The smallest absolute Gasteiger partial charge is 0.191 e. The molecule has 1 saturated carbocycles. The number of ether oxygens (including phenoxy) is 1. The van der Waals surface area contributed by atoms with Crippen LogP contribution >= 0.6 is 23.4 Å². The van der Waals surface area contributed by atoms with E-state index in [1.54, 1.807) is 17.8 Å². The van der Waals surface area contributed by atoms with Gasteiger partial charge in [0, 0.05) is 11.8 Å². The summed E-state index contributed by atoms with van der Waals surface area (Å²) in [4.78, 5) is 0. The maximum Gasteiger partial charge on any atom is 0.191 e. The average molecular weight is 397 g/mol. The van der Waals surface area contributed by atoms with Gasteiger partial charge in [0.15, 0.2) is 11.0 Å². The van der Waals surface area contributed by atoms with Crippen molar-refractivity contribution in [1.82, 2.24) is 14.8 Å². The predicted molar refractivity (Wildman–Crippen MR) is 105 cm³/mol. The van der Waals surface area contributed by atoms with Crippen LogP contribution in [0.5, 0.6) is 5.75 Å². The Morgan fingerprint density at radius 3 is 2.63 bits per heavy atom. The van der Waals surface area contributed by atoms with Crippen LogP contribution in [-0.4, -0.2) is 14.8 Å². The molecular weight excluding hydrogens is 380 g/mol. The Balaban J connectivity index is 1.45. The third-order valence-corrected chi connectivity index (χ3v) is 5.62. The Hall–Kier alpha value is -2.49. The highest BCUT2D eigenvalue weighted by atomic mass is 35.5. The van der Waals surface area contributed by atoms with Gasteiger partial charge in [-0.1, -0.05) is 47.6 Å². The van der Waals surface area contributed by atoms with Crippen LogP contribution in [-0.2, 0) is 12.4 Å². The summed E-state index contributed by atoms with van der Waals surface area (Å²) in [7, 11) is 0. The molecule has 7 heteroatoms. The zero-order valence-electron chi connectivity index (χ0n) is 14.5. The van der Waals surface area contributed by atoms with Crippen molar-refractivity contribution in [3.05, 3.63) is 70.5 Å². The van der Waals surface area contributed by atoms with Crippen LogP contribution in [0.2, 0.25) is 5.02 Å². The van der Waals surface area contributed by atoms with Crippen LogP contribution in [0, 0.1) is 11.3 Å². The summed E-state index contributed by atoms with van der Waals surface area (Å²) in [5.74, 6) is 2.25. The van der Waals surface area contributed by atoms with E-state index >= 15 is 0 Å². The molecule has 0 amide bonds. The van der Waals surface area contributed by atoms with Crippen molar-refractivity contribution in [2.24, 2.45) is 0 Å². The van der Waals surface area contributed by atoms with E-state index in [1.165, 1.54) is 0 Å². The third kappa shape index (κ3) is 4.26. The zero-order valence-corrected chi connectivity index (χ0v) is 16.1. The van der Waals surface area contributed by atoms with Crippen LogP contribution in [0.3, 0.4) is 0 Å². The van der Waals surface area contributed by atoms with E-state index in [-0.39, 0.29) is 0 Å². The fourth-order valence-corrected chi connectivity index (χ4v) is 3.90. The molecule has 0 radical (unpaired) electrons. The second kappa shape index (κ2) is 8.03. The lowest BCUT2D eigenvalue weighted by atomic mass is 10.2. The maximum absolute atomic E-state index is 8.90. The third-order valence-electron chi connectivity index (χ3n) is 4.29. The van der Waals surface area contributed by atoms with Gasteiger partial charge in [0.2, 0.25) is 0 Å². The number of hydrogen-bond donors (Lipinski definition) is 0. The van der Waals surface area contributed by atoms with Gasteiger partial charge in [0.05, 0.1) is 16.7 Å². The molecular formula is C20H17ClN4OS. The number of aromatic nitrogens is 3. The number of halogens is 1. The lowest BCUT2D eigenvalue weighted by molar-refractivity contribution is 0.288. The molecule has 1 aromatic heterocycles. The summed E-state index contributed by atoms with van der Waals surface area (Å²) in [6.07, 6.45) is 2.28. The van der Waals surface area contributed by atoms with Crippen LogP contribution in [0.4, 0.5) is 0 Å². The van der Waals surface area contributed by atoms with Gasteiger partial charge in [-0.2, -0.15) is 5.26 Å². The van der Waals surface area contributed by atoms with Crippen LogP contribution < -0.4 is 4.74 Å². The number of nitrogens with zero attached hydrogens (tertiary/aromatic N) is 4. The van der Waals surface area contributed by atoms with Crippen molar-refractivity contribution < 1.29 is 4.74 Å². The summed E-state index contributed by atoms with van der Waals surface area (Å²) < 4.78 is 8.03. The van der Waals surface area contributed by atoms with Crippen LogP contribution in [0.25, 0.3) is 0 Å². The minimum atomic E-state index is 0.338. The average Bonchev–Trinajstić information content (AvgIpc) is 3.46. The molecule has 0 aliphatic heterocycles. The number of nitriles is 1. The van der Waals surface area contributed by atoms with Gasteiger partial charge in [-0.15, -0.1) is 10.2 Å². The Kier molecular flexibility index (Phi) is 5.33. The van der Waals surface area contributed by atoms with Crippen molar-refractivity contribution in [3.8, 4) is 11.8 Å². The number of rotatable bonds is 7. The molecule has 136 valence electrons. The number of para-hydroxylation sites is 1. The Bertz CT molecular complexity index is 976. The minimum absolute atomic E-state index is 0.338. The standard InChI is InChI=1S/C20H17ClN4OS/c21-17-3-1-2-4-18(17)26-12-19-23-24-20(25(19)16-9-10-16)27-13-15-7-5-14(11-22)6-8-15/h1-8,16H,9-10,12-13H2. The Morgan fingerprint density at radius 2 is 1.93 bits per heavy atom. The van der Waals surface area contributed by atoms with E-state index in [9.17, 15) is 0 Å². The molecule has 0 atom stereocenters. The zero-order chi connectivity index (χ0) is 18.6. The van der Waals surface area contributed by atoms with E-state index in [0.29, 0.717) is 29.0 Å². The van der Waals surface area contributed by atoms with Gasteiger partial charge in [-0.05, 0) is 42.7 Å². The normalized spacial score (nSPS) is 13.3. The van der Waals surface area contributed by atoms with E-state index < -0.39 is 0 Å². The molecule has 1 aliphatic carbocycles. The summed E-state index contributed by atoms with van der Waals surface area (Å²) in [6.45, 7) is 0.338. The number of thioether (sulfide) groups is 1. The quantitative estimate of drug-likeness (QED) is 0.525. The predicted octanol–water partition coefficient (Wildman–Crippen LogP) is 5.01. The lowest BCUT2D eigenvalue weighted by Crippen LogP contribution is -2.07. The molecule has 3 aromatic rings. The molecule has 1 heterocycles. The van der Waals surface area contributed by atoms with Crippen molar-refractivity contribution in [2.75, 3.05) is 0 Å². The molecule has 1 fully saturated rings. The first kappa shape index (κ1) is 17.9. The number of hydrogen-bond acceptors (Lipinski definition) is 5. The fourth-order valence-electron chi connectivity index (χ4n) is 2.73. The second-order valence-corrected chi connectivity index (χ2v) is 7.67. The molecule has 2 aromatic carbocycles. The molecule has 0 bridgehead atoms. The van der Waals surface area contributed by atoms with Gasteiger partial charge in [0.25, 0.3) is 0 Å². The van der Waals surface area contributed by atoms with E-state index in [0.717, 1.165) is 35.1 Å². The van der Waals surface area contributed by atoms with Crippen molar-refractivity contribution in [1.29, 1.82) is 5.26 Å². The van der Waals surface area contributed by atoms with Gasteiger partial charge >= 0.3 is 0 Å². The molecule has 0 saturated heterocycles. The van der Waals surface area contributed by atoms with E-state index in [4.69, 9.17) is 21.6 Å². The Morgan fingerprint density at radius 1 is 1.15 bits per heavy atom. The van der Waals surface area contributed by atoms with Crippen molar-refractivity contribution in [3.63, 3.8) is 0 Å². The molecule has 0 spiro atoms. The molecule has 0 unspecified atom stereocenters. The first-order valence-corrected chi connectivity index (χ1v) is 10.0.